The van der Waals surface area contributed by atoms with Crippen molar-refractivity contribution < 1.29 is 13.6 Å². The van der Waals surface area contributed by atoms with Crippen LogP contribution in [0.4, 0.5) is 19.3 Å². The lowest BCUT2D eigenvalue weighted by molar-refractivity contribution is 0.192. The lowest BCUT2D eigenvalue weighted by atomic mass is 10.1. The predicted molar refractivity (Wildman–Crippen MR) is 100 cm³/mol. The number of urea groups is 1. The maximum absolute atomic E-state index is 13.4. The van der Waals surface area contributed by atoms with Gasteiger partial charge in [-0.3, -0.25) is 4.98 Å². The molecule has 1 N–H and O–H groups in total. The zero-order valence-corrected chi connectivity index (χ0v) is 15.5. The summed E-state index contributed by atoms with van der Waals surface area (Å²) in [6.45, 7) is 3.93. The number of anilines is 1. The standard InChI is InChI=1S/C20H24F2N4O/c1-14(19-5-3-4-9-23-19)25(2)20(27)24-12-15-8-10-26(13-15)16-6-7-17(21)18(22)11-16/h3-7,9,11,14-15H,8,10,12-13H2,1-2H3,(H,24,27). The summed E-state index contributed by atoms with van der Waals surface area (Å²) in [5.41, 5.74) is 1.50. The molecule has 2 aromatic rings. The summed E-state index contributed by atoms with van der Waals surface area (Å²) in [6, 6.07) is 9.30. The number of benzene rings is 1. The van der Waals surface area contributed by atoms with Gasteiger partial charge in [0.25, 0.3) is 0 Å². The lowest BCUT2D eigenvalue weighted by Crippen LogP contribution is -2.41. The Balaban J connectivity index is 1.50. The number of aromatic nitrogens is 1. The molecule has 27 heavy (non-hydrogen) atoms. The van der Waals surface area contributed by atoms with Gasteiger partial charge in [-0.05, 0) is 43.5 Å². The van der Waals surface area contributed by atoms with Gasteiger partial charge in [0.2, 0.25) is 0 Å². The van der Waals surface area contributed by atoms with Crippen LogP contribution in [-0.2, 0) is 0 Å². The normalized spacial score (nSPS) is 17.6. The summed E-state index contributed by atoms with van der Waals surface area (Å²) in [6.07, 6.45) is 2.60. The second-order valence-electron chi connectivity index (χ2n) is 6.93. The molecule has 3 rings (SSSR count). The number of nitrogens with one attached hydrogen (secondary N) is 1. The molecule has 0 bridgehead atoms. The molecule has 1 aromatic heterocycles. The molecular formula is C20H24F2N4O. The second kappa shape index (κ2) is 8.33. The van der Waals surface area contributed by atoms with E-state index in [9.17, 15) is 13.6 Å². The molecule has 7 heteroatoms. The van der Waals surface area contributed by atoms with Crippen LogP contribution in [0, 0.1) is 17.6 Å². The first kappa shape index (κ1) is 19.1. The van der Waals surface area contributed by atoms with Gasteiger partial charge in [-0.15, -0.1) is 0 Å². The van der Waals surface area contributed by atoms with Crippen LogP contribution >= 0.6 is 0 Å². The van der Waals surface area contributed by atoms with Crippen LogP contribution < -0.4 is 10.2 Å². The summed E-state index contributed by atoms with van der Waals surface area (Å²) in [5.74, 6) is -1.41. The molecule has 1 saturated heterocycles. The van der Waals surface area contributed by atoms with Gasteiger partial charge in [0.1, 0.15) is 0 Å². The zero-order chi connectivity index (χ0) is 19.4. The lowest BCUT2D eigenvalue weighted by Gasteiger charge is -2.25. The van der Waals surface area contributed by atoms with Gasteiger partial charge in [0.05, 0.1) is 11.7 Å². The number of carbonyl (C=O) groups is 1. The summed E-state index contributed by atoms with van der Waals surface area (Å²) < 4.78 is 26.5. The van der Waals surface area contributed by atoms with Gasteiger partial charge in [-0.1, -0.05) is 6.07 Å². The van der Waals surface area contributed by atoms with Crippen LogP contribution in [0.5, 0.6) is 0 Å². The molecule has 0 saturated carbocycles. The third kappa shape index (κ3) is 4.53. The fraction of sp³-hybridized carbons (Fsp3) is 0.400. The molecule has 1 aliphatic rings. The van der Waals surface area contributed by atoms with Crippen LogP contribution in [0.3, 0.4) is 0 Å². The number of amides is 2. The average molecular weight is 374 g/mol. The summed E-state index contributed by atoms with van der Waals surface area (Å²) in [4.78, 5) is 20.4. The molecule has 0 radical (unpaired) electrons. The number of rotatable bonds is 5. The first-order valence-corrected chi connectivity index (χ1v) is 9.07. The van der Waals surface area contributed by atoms with E-state index in [4.69, 9.17) is 0 Å². The fourth-order valence-corrected chi connectivity index (χ4v) is 3.27. The first-order chi connectivity index (χ1) is 13.0. The van der Waals surface area contributed by atoms with Gasteiger partial charge >= 0.3 is 6.03 Å². The molecule has 2 unspecified atom stereocenters. The maximum Gasteiger partial charge on any atom is 0.317 e. The highest BCUT2D eigenvalue weighted by Gasteiger charge is 2.25. The predicted octanol–water partition coefficient (Wildman–Crippen LogP) is 3.59. The summed E-state index contributed by atoms with van der Waals surface area (Å²) in [5, 5.41) is 2.97. The first-order valence-electron chi connectivity index (χ1n) is 9.07. The van der Waals surface area contributed by atoms with E-state index in [0.29, 0.717) is 18.8 Å². The highest BCUT2D eigenvalue weighted by molar-refractivity contribution is 5.74. The number of carbonyl (C=O) groups excluding carboxylic acids is 1. The Morgan fingerprint density at radius 3 is 2.85 bits per heavy atom. The monoisotopic (exact) mass is 374 g/mol. The smallest absolute Gasteiger partial charge is 0.317 e. The van der Waals surface area contributed by atoms with Gasteiger partial charge in [-0.25, -0.2) is 13.6 Å². The van der Waals surface area contributed by atoms with Gasteiger partial charge in [0.15, 0.2) is 11.6 Å². The third-order valence-corrected chi connectivity index (χ3v) is 5.11. The van der Waals surface area contributed by atoms with E-state index < -0.39 is 11.6 Å². The number of halogens is 2. The van der Waals surface area contributed by atoms with Crippen molar-refractivity contribution in [2.45, 2.75) is 19.4 Å². The number of nitrogens with zero attached hydrogens (tertiary/aromatic N) is 3. The number of hydrogen-bond donors (Lipinski definition) is 1. The molecule has 144 valence electrons. The molecular weight excluding hydrogens is 350 g/mol. The number of hydrogen-bond acceptors (Lipinski definition) is 3. The Hall–Kier alpha value is -2.70. The Kier molecular flexibility index (Phi) is 5.88. The van der Waals surface area contributed by atoms with Crippen LogP contribution in [0.15, 0.2) is 42.6 Å². The van der Waals surface area contributed by atoms with E-state index in [2.05, 4.69) is 10.3 Å². The molecule has 2 atom stereocenters. The zero-order valence-electron chi connectivity index (χ0n) is 15.5. The SMILES string of the molecule is CC(c1ccccn1)N(C)C(=O)NCC1CCN(c2ccc(F)c(F)c2)C1. The second-order valence-corrected chi connectivity index (χ2v) is 6.93. The molecule has 0 aliphatic carbocycles. The Bertz CT molecular complexity index is 787. The minimum absolute atomic E-state index is 0.131. The van der Waals surface area contributed by atoms with E-state index in [0.717, 1.165) is 24.7 Å². The van der Waals surface area contributed by atoms with Crippen molar-refractivity contribution in [3.63, 3.8) is 0 Å². The quantitative estimate of drug-likeness (QED) is 0.870. The summed E-state index contributed by atoms with van der Waals surface area (Å²) in [7, 11) is 1.75. The number of pyridine rings is 1. The van der Waals surface area contributed by atoms with Gasteiger partial charge in [0, 0.05) is 44.6 Å². The molecule has 1 fully saturated rings. The molecule has 1 aromatic carbocycles. The Morgan fingerprint density at radius 2 is 2.15 bits per heavy atom. The highest BCUT2D eigenvalue weighted by atomic mass is 19.2. The van der Waals surface area contributed by atoms with Crippen molar-refractivity contribution >= 4 is 11.7 Å². The fourth-order valence-electron chi connectivity index (χ4n) is 3.27. The molecule has 5 nitrogen and oxygen atoms in total. The minimum Gasteiger partial charge on any atom is -0.371 e. The van der Waals surface area contributed by atoms with Crippen LogP contribution in [-0.4, -0.2) is 42.6 Å². The average Bonchev–Trinajstić information content (AvgIpc) is 3.16. The Labute approximate surface area is 158 Å². The van der Waals surface area contributed by atoms with Crippen molar-refractivity contribution in [1.82, 2.24) is 15.2 Å². The van der Waals surface area contributed by atoms with Crippen molar-refractivity contribution in [3.05, 3.63) is 59.9 Å². The van der Waals surface area contributed by atoms with Crippen molar-refractivity contribution in [2.24, 2.45) is 5.92 Å². The molecule has 1 aliphatic heterocycles. The maximum atomic E-state index is 13.4. The van der Waals surface area contributed by atoms with E-state index in [1.807, 2.05) is 30.0 Å². The topological polar surface area (TPSA) is 48.5 Å². The minimum atomic E-state index is -0.841. The highest BCUT2D eigenvalue weighted by Crippen LogP contribution is 2.25. The van der Waals surface area contributed by atoms with Crippen LogP contribution in [0.2, 0.25) is 0 Å². The van der Waals surface area contributed by atoms with Crippen molar-refractivity contribution in [1.29, 1.82) is 0 Å². The summed E-state index contributed by atoms with van der Waals surface area (Å²) >= 11 is 0. The van der Waals surface area contributed by atoms with Gasteiger partial charge in [-0.2, -0.15) is 0 Å². The Morgan fingerprint density at radius 1 is 1.33 bits per heavy atom. The van der Waals surface area contributed by atoms with Crippen LogP contribution in [0.1, 0.15) is 25.1 Å². The third-order valence-electron chi connectivity index (χ3n) is 5.11. The van der Waals surface area contributed by atoms with E-state index >= 15 is 0 Å². The van der Waals surface area contributed by atoms with Crippen molar-refractivity contribution in [2.75, 3.05) is 31.6 Å². The molecule has 2 heterocycles. The molecule has 2 amide bonds. The van der Waals surface area contributed by atoms with Crippen LogP contribution in [0.25, 0.3) is 0 Å². The van der Waals surface area contributed by atoms with Crippen molar-refractivity contribution in [3.8, 4) is 0 Å². The van der Waals surface area contributed by atoms with E-state index in [1.54, 1.807) is 24.2 Å². The van der Waals surface area contributed by atoms with E-state index in [1.165, 1.54) is 6.07 Å². The largest absolute Gasteiger partial charge is 0.371 e. The molecule has 0 spiro atoms. The van der Waals surface area contributed by atoms with E-state index in [-0.39, 0.29) is 18.0 Å². The van der Waals surface area contributed by atoms with Gasteiger partial charge < -0.3 is 15.1 Å².